The van der Waals surface area contributed by atoms with E-state index in [1.165, 1.54) is 7.11 Å². The average molecular weight is 637 g/mol. The molecule has 2 aliphatic rings. The fourth-order valence-electron chi connectivity index (χ4n) is 6.56. The van der Waals surface area contributed by atoms with E-state index in [9.17, 15) is 22.8 Å². The van der Waals surface area contributed by atoms with Gasteiger partial charge in [0.1, 0.15) is 11.9 Å². The predicted octanol–water partition coefficient (Wildman–Crippen LogP) is 8.73. The smallest absolute Gasteiger partial charge is 0.416 e. The number of alkyl halides is 3. The van der Waals surface area contributed by atoms with Crippen LogP contribution in [0.2, 0.25) is 0 Å². The maximum absolute atomic E-state index is 13.6. The number of hydrogen-bond acceptors (Lipinski definition) is 6. The van der Waals surface area contributed by atoms with E-state index in [0.29, 0.717) is 28.9 Å². The molecule has 1 amide bonds. The van der Waals surface area contributed by atoms with E-state index in [2.05, 4.69) is 18.8 Å². The zero-order valence-electron chi connectivity index (χ0n) is 27.2. The number of aromatic nitrogens is 1. The second-order valence-electron chi connectivity index (χ2n) is 13.0. The molecule has 0 N–H and O–H groups in total. The minimum atomic E-state index is -4.51. The largest absolute Gasteiger partial charge is 0.496 e. The van der Waals surface area contributed by atoms with E-state index in [1.807, 2.05) is 31.2 Å². The first kappa shape index (κ1) is 33.0. The van der Waals surface area contributed by atoms with Crippen molar-refractivity contribution in [3.8, 4) is 16.9 Å². The van der Waals surface area contributed by atoms with Gasteiger partial charge < -0.3 is 14.2 Å². The van der Waals surface area contributed by atoms with Gasteiger partial charge in [-0.1, -0.05) is 31.5 Å². The number of rotatable bonds is 7. The van der Waals surface area contributed by atoms with Crippen molar-refractivity contribution in [3.63, 3.8) is 0 Å². The average Bonchev–Trinajstić information content (AvgIpc) is 3.27. The number of nitrogens with zero attached hydrogens (tertiary/aromatic N) is 2. The summed E-state index contributed by atoms with van der Waals surface area (Å²) in [6, 6.07) is 11.1. The molecule has 10 heteroatoms. The van der Waals surface area contributed by atoms with Crippen LogP contribution >= 0.6 is 0 Å². The van der Waals surface area contributed by atoms with Gasteiger partial charge in [0.05, 0.1) is 25.8 Å². The van der Waals surface area contributed by atoms with Crippen molar-refractivity contribution in [1.82, 2.24) is 9.88 Å². The zero-order valence-corrected chi connectivity index (χ0v) is 27.2. The molecule has 1 fully saturated rings. The van der Waals surface area contributed by atoms with Crippen LogP contribution in [0.25, 0.3) is 16.7 Å². The standard InChI is InChI=1S/C36H39F3N2O5/c1-20-12-24(15-27(13-20)36(37,38)39)32-22(3)41(34(43)46-32)19-26-17-35(4,5)11-10-28(26)29-16-23(8-9-30(29)44-6)25-14-21(2)31(40-18-25)33(42)45-7/h8-9,12-16,18,22,32H,10-11,17,19H2,1-7H3/t22-,32-/m0/s1. The van der Waals surface area contributed by atoms with Gasteiger partial charge in [0.2, 0.25) is 0 Å². The molecule has 1 aliphatic heterocycles. The predicted molar refractivity (Wildman–Crippen MR) is 168 cm³/mol. The molecule has 0 bridgehead atoms. The SMILES string of the molecule is COC(=O)c1ncc(-c2ccc(OC)c(C3=C(CN4C(=O)O[C@H](c5cc(C)cc(C(F)(F)F)c5)[C@@H]4C)CC(C)(C)CC3)c2)cc1C. The number of halogens is 3. The van der Waals surface area contributed by atoms with Crippen molar-refractivity contribution >= 4 is 17.6 Å². The lowest BCUT2D eigenvalue weighted by Gasteiger charge is -2.36. The van der Waals surface area contributed by atoms with Crippen LogP contribution in [0.1, 0.15) is 84.4 Å². The highest BCUT2D eigenvalue weighted by Crippen LogP contribution is 2.47. The molecule has 3 aromatic rings. The summed E-state index contributed by atoms with van der Waals surface area (Å²) in [6.07, 6.45) is -1.89. The number of pyridine rings is 1. The lowest BCUT2D eigenvalue weighted by Crippen LogP contribution is -2.35. The van der Waals surface area contributed by atoms with Gasteiger partial charge in [-0.3, -0.25) is 4.90 Å². The highest BCUT2D eigenvalue weighted by molar-refractivity contribution is 5.89. The number of hydrogen-bond donors (Lipinski definition) is 0. The molecule has 2 aromatic carbocycles. The first-order chi connectivity index (χ1) is 21.6. The van der Waals surface area contributed by atoms with Crippen LogP contribution in [-0.2, 0) is 15.7 Å². The van der Waals surface area contributed by atoms with E-state index in [-0.39, 0.29) is 17.7 Å². The van der Waals surface area contributed by atoms with Gasteiger partial charge in [-0.15, -0.1) is 0 Å². The van der Waals surface area contributed by atoms with Gasteiger partial charge in [0, 0.05) is 23.9 Å². The summed E-state index contributed by atoms with van der Waals surface area (Å²) in [6.45, 7) is 9.87. The van der Waals surface area contributed by atoms with Gasteiger partial charge in [-0.2, -0.15) is 13.2 Å². The summed E-state index contributed by atoms with van der Waals surface area (Å²) in [5, 5.41) is 0. The van der Waals surface area contributed by atoms with Crippen molar-refractivity contribution in [3.05, 3.63) is 87.7 Å². The first-order valence-electron chi connectivity index (χ1n) is 15.2. The highest BCUT2D eigenvalue weighted by Gasteiger charge is 2.42. The van der Waals surface area contributed by atoms with Crippen LogP contribution in [0.4, 0.5) is 18.0 Å². The molecule has 244 valence electrons. The van der Waals surface area contributed by atoms with Gasteiger partial charge in [-0.05, 0) is 104 Å². The summed E-state index contributed by atoms with van der Waals surface area (Å²) < 4.78 is 57.2. The van der Waals surface area contributed by atoms with Gasteiger partial charge in [-0.25, -0.2) is 14.6 Å². The monoisotopic (exact) mass is 636 g/mol. The summed E-state index contributed by atoms with van der Waals surface area (Å²) in [5.41, 5.74) is 5.63. The lowest BCUT2D eigenvalue weighted by atomic mass is 9.72. The molecule has 1 saturated heterocycles. The quantitative estimate of drug-likeness (QED) is 0.242. The third kappa shape index (κ3) is 6.62. The molecule has 0 saturated carbocycles. The van der Waals surface area contributed by atoms with E-state index >= 15 is 0 Å². The maximum atomic E-state index is 13.6. The molecule has 0 spiro atoms. The van der Waals surface area contributed by atoms with Gasteiger partial charge in [0.15, 0.2) is 5.69 Å². The highest BCUT2D eigenvalue weighted by atomic mass is 19.4. The fraction of sp³-hybridized carbons (Fsp3) is 0.417. The molecule has 7 nitrogen and oxygen atoms in total. The molecular weight excluding hydrogens is 597 g/mol. The number of carbonyl (C=O) groups excluding carboxylic acids is 2. The van der Waals surface area contributed by atoms with Crippen LogP contribution in [0.5, 0.6) is 5.75 Å². The number of allylic oxidation sites excluding steroid dienone is 1. The molecule has 46 heavy (non-hydrogen) atoms. The fourth-order valence-corrected chi connectivity index (χ4v) is 6.56. The minimum absolute atomic E-state index is 0.0289. The maximum Gasteiger partial charge on any atom is 0.416 e. The van der Waals surface area contributed by atoms with Crippen molar-refractivity contribution in [2.45, 2.75) is 72.2 Å². The van der Waals surface area contributed by atoms with Gasteiger partial charge >= 0.3 is 18.2 Å². The molecular formula is C36H39F3N2O5. The number of ether oxygens (including phenoxy) is 3. The van der Waals surface area contributed by atoms with E-state index in [0.717, 1.165) is 52.8 Å². The Bertz CT molecular complexity index is 1710. The Hall–Kier alpha value is -4.34. The summed E-state index contributed by atoms with van der Waals surface area (Å²) >= 11 is 0. The number of carbonyl (C=O) groups is 2. The van der Waals surface area contributed by atoms with Crippen LogP contribution in [-0.4, -0.2) is 48.8 Å². The number of cyclic esters (lactones) is 1. The first-order valence-corrected chi connectivity index (χ1v) is 15.2. The van der Waals surface area contributed by atoms with Crippen LogP contribution in [0.3, 0.4) is 0 Å². The Morgan fingerprint density at radius 3 is 2.48 bits per heavy atom. The van der Waals surface area contributed by atoms with Crippen molar-refractivity contribution in [2.24, 2.45) is 5.41 Å². The Balaban J connectivity index is 1.53. The van der Waals surface area contributed by atoms with Crippen LogP contribution in [0, 0.1) is 19.3 Å². The molecule has 5 rings (SSSR count). The Morgan fingerprint density at radius 2 is 1.83 bits per heavy atom. The summed E-state index contributed by atoms with van der Waals surface area (Å²) in [4.78, 5) is 31.3. The van der Waals surface area contributed by atoms with Gasteiger partial charge in [0.25, 0.3) is 0 Å². The third-order valence-corrected chi connectivity index (χ3v) is 8.99. The Labute approximate surface area is 267 Å². The number of amides is 1. The molecule has 2 heterocycles. The van der Waals surface area contributed by atoms with E-state index in [4.69, 9.17) is 14.2 Å². The number of aryl methyl sites for hydroxylation is 2. The third-order valence-electron chi connectivity index (χ3n) is 8.99. The number of methoxy groups -OCH3 is 2. The molecule has 0 radical (unpaired) electrons. The lowest BCUT2D eigenvalue weighted by molar-refractivity contribution is -0.137. The second kappa shape index (κ2) is 12.5. The summed E-state index contributed by atoms with van der Waals surface area (Å²) in [7, 11) is 2.93. The Morgan fingerprint density at radius 1 is 1.09 bits per heavy atom. The molecule has 2 atom stereocenters. The van der Waals surface area contributed by atoms with E-state index in [1.54, 1.807) is 38.1 Å². The second-order valence-corrected chi connectivity index (χ2v) is 13.0. The van der Waals surface area contributed by atoms with Crippen LogP contribution < -0.4 is 4.74 Å². The normalized spacial score (nSPS) is 19.7. The topological polar surface area (TPSA) is 78.0 Å². The Kier molecular flexibility index (Phi) is 8.94. The van der Waals surface area contributed by atoms with Crippen LogP contribution in [0.15, 0.2) is 54.2 Å². The molecule has 1 aromatic heterocycles. The summed E-state index contributed by atoms with van der Waals surface area (Å²) in [5.74, 6) is 0.181. The van der Waals surface area contributed by atoms with E-state index < -0.39 is 35.9 Å². The minimum Gasteiger partial charge on any atom is -0.496 e. The van der Waals surface area contributed by atoms with Crippen molar-refractivity contribution < 1.29 is 37.0 Å². The van der Waals surface area contributed by atoms with Crippen molar-refractivity contribution in [2.75, 3.05) is 20.8 Å². The molecule has 1 aliphatic carbocycles. The van der Waals surface area contributed by atoms with Crippen molar-refractivity contribution in [1.29, 1.82) is 0 Å². The molecule has 0 unspecified atom stereocenters. The number of benzene rings is 2. The zero-order chi connectivity index (χ0) is 33.6. The number of esters is 1.